The molecule has 0 amide bonds. The van der Waals surface area contributed by atoms with Gasteiger partial charge in [0.15, 0.2) is 11.2 Å². The molecule has 0 unspecified atom stereocenters. The number of fused-ring (bicyclic) bond motifs is 3. The van der Waals surface area contributed by atoms with E-state index >= 15 is 0 Å². The second-order valence-corrected chi connectivity index (χ2v) is 6.84. The quantitative estimate of drug-likeness (QED) is 0.558. The van der Waals surface area contributed by atoms with E-state index in [1.165, 1.54) is 14.7 Å². The molecule has 0 spiro atoms. The number of imidazole rings is 2. The van der Waals surface area contributed by atoms with Crippen molar-refractivity contribution in [3.8, 4) is 5.69 Å². The van der Waals surface area contributed by atoms with E-state index in [9.17, 15) is 9.59 Å². The lowest BCUT2D eigenvalue weighted by Crippen LogP contribution is -2.39. The monoisotopic (exact) mass is 365 g/mol. The van der Waals surface area contributed by atoms with Crippen molar-refractivity contribution < 1.29 is 0 Å². The third-order valence-corrected chi connectivity index (χ3v) is 5.09. The number of hydrogen-bond donors (Lipinski definition) is 0. The Bertz CT molecular complexity index is 1290. The second-order valence-electron chi connectivity index (χ2n) is 6.84. The summed E-state index contributed by atoms with van der Waals surface area (Å²) in [6.45, 7) is 6.46. The molecule has 0 atom stereocenters. The van der Waals surface area contributed by atoms with Crippen molar-refractivity contribution in [1.29, 1.82) is 0 Å². The van der Waals surface area contributed by atoms with Crippen LogP contribution in [0, 0.1) is 6.92 Å². The van der Waals surface area contributed by atoms with E-state index in [0.29, 0.717) is 29.9 Å². The van der Waals surface area contributed by atoms with Gasteiger partial charge in [0.25, 0.3) is 5.56 Å². The van der Waals surface area contributed by atoms with Gasteiger partial charge < -0.3 is 0 Å². The smallest absolute Gasteiger partial charge is 0.283 e. The molecule has 7 nitrogen and oxygen atoms in total. The molecule has 0 aliphatic rings. The summed E-state index contributed by atoms with van der Waals surface area (Å²) in [5.74, 6) is 0.643. The molecule has 4 aromatic rings. The minimum atomic E-state index is -0.327. The first-order chi connectivity index (χ1) is 13.0. The Morgan fingerprint density at radius 1 is 1.11 bits per heavy atom. The third kappa shape index (κ3) is 2.38. The summed E-state index contributed by atoms with van der Waals surface area (Å²) >= 11 is 0. The lowest BCUT2D eigenvalue weighted by Gasteiger charge is -2.10. The highest BCUT2D eigenvalue weighted by molar-refractivity contribution is 5.76. The minimum Gasteiger partial charge on any atom is -0.283 e. The van der Waals surface area contributed by atoms with E-state index in [2.05, 4.69) is 24.0 Å². The number of nitrogens with zero attached hydrogens (tertiary/aromatic N) is 5. The van der Waals surface area contributed by atoms with Gasteiger partial charge in [-0.25, -0.2) is 4.79 Å². The first-order valence-electron chi connectivity index (χ1n) is 9.27. The van der Waals surface area contributed by atoms with Crippen LogP contribution < -0.4 is 11.2 Å². The molecular weight excluding hydrogens is 342 g/mol. The Hall–Kier alpha value is -3.09. The van der Waals surface area contributed by atoms with Gasteiger partial charge in [0, 0.05) is 25.5 Å². The van der Waals surface area contributed by atoms with E-state index in [1.54, 1.807) is 7.05 Å². The molecule has 27 heavy (non-hydrogen) atoms. The molecule has 0 radical (unpaired) electrons. The molecule has 3 aromatic heterocycles. The minimum absolute atomic E-state index is 0.289. The highest BCUT2D eigenvalue weighted by atomic mass is 16.2. The number of rotatable bonds is 4. The normalized spacial score (nSPS) is 11.7. The highest BCUT2D eigenvalue weighted by Gasteiger charge is 2.21. The topological polar surface area (TPSA) is 66.2 Å². The van der Waals surface area contributed by atoms with Gasteiger partial charge in [-0.2, -0.15) is 4.98 Å². The van der Waals surface area contributed by atoms with Gasteiger partial charge in [0.2, 0.25) is 5.78 Å². The van der Waals surface area contributed by atoms with Crippen LogP contribution in [0.15, 0.2) is 40.1 Å². The van der Waals surface area contributed by atoms with E-state index in [1.807, 2.05) is 41.1 Å². The van der Waals surface area contributed by atoms with Crippen molar-refractivity contribution in [3.63, 3.8) is 0 Å². The van der Waals surface area contributed by atoms with Crippen molar-refractivity contribution in [2.75, 3.05) is 0 Å². The van der Waals surface area contributed by atoms with Crippen LogP contribution in [0.2, 0.25) is 0 Å². The maximum absolute atomic E-state index is 13.0. The standard InChI is InChI=1S/C20H23N5O2/c1-5-11-23-18(26)16-17(22(4)20(23)27)21-19-24(16)12-13(3)25(19)15-10-8-7-9-14(15)6-2/h7-10,12H,5-6,11H2,1-4H3. The highest BCUT2D eigenvalue weighted by Crippen LogP contribution is 2.23. The Kier molecular flexibility index (Phi) is 4.02. The zero-order valence-corrected chi connectivity index (χ0v) is 16.1. The first-order valence-corrected chi connectivity index (χ1v) is 9.27. The third-order valence-electron chi connectivity index (χ3n) is 5.09. The summed E-state index contributed by atoms with van der Waals surface area (Å²) in [4.78, 5) is 30.3. The predicted molar refractivity (Wildman–Crippen MR) is 106 cm³/mol. The Labute approximate surface area is 156 Å². The average Bonchev–Trinajstić information content (AvgIpc) is 3.18. The van der Waals surface area contributed by atoms with Gasteiger partial charge in [-0.15, -0.1) is 0 Å². The van der Waals surface area contributed by atoms with Gasteiger partial charge in [-0.05, 0) is 31.4 Å². The number of benzene rings is 1. The van der Waals surface area contributed by atoms with Crippen LogP contribution in [0.1, 0.15) is 31.5 Å². The van der Waals surface area contributed by atoms with Gasteiger partial charge in [0.1, 0.15) is 0 Å². The maximum atomic E-state index is 13.0. The molecule has 0 saturated carbocycles. The van der Waals surface area contributed by atoms with Crippen molar-refractivity contribution in [1.82, 2.24) is 23.1 Å². The summed E-state index contributed by atoms with van der Waals surface area (Å²) in [5, 5.41) is 0. The number of hydrogen-bond acceptors (Lipinski definition) is 3. The Morgan fingerprint density at radius 3 is 2.56 bits per heavy atom. The Balaban J connectivity index is 2.15. The van der Waals surface area contributed by atoms with Crippen LogP contribution in [-0.2, 0) is 20.0 Å². The van der Waals surface area contributed by atoms with Crippen LogP contribution in [0.3, 0.4) is 0 Å². The number of para-hydroxylation sites is 1. The fourth-order valence-corrected chi connectivity index (χ4v) is 3.76. The van der Waals surface area contributed by atoms with Crippen molar-refractivity contribution >= 4 is 16.9 Å². The predicted octanol–water partition coefficient (Wildman–Crippen LogP) is 2.42. The summed E-state index contributed by atoms with van der Waals surface area (Å²) in [5.41, 5.74) is 3.46. The van der Waals surface area contributed by atoms with Crippen LogP contribution in [0.5, 0.6) is 0 Å². The largest absolute Gasteiger partial charge is 0.332 e. The van der Waals surface area contributed by atoms with Crippen LogP contribution >= 0.6 is 0 Å². The molecule has 0 aliphatic heterocycles. The second kappa shape index (κ2) is 6.26. The molecule has 3 heterocycles. The SMILES string of the molecule is CCCn1c(=O)c2c(nc3n(-c4ccccc4CC)c(C)cn23)n(C)c1=O. The molecule has 140 valence electrons. The molecule has 0 saturated heterocycles. The molecule has 0 fully saturated rings. The summed E-state index contributed by atoms with van der Waals surface area (Å²) in [7, 11) is 1.67. The van der Waals surface area contributed by atoms with E-state index < -0.39 is 0 Å². The number of aromatic nitrogens is 5. The molecule has 0 N–H and O–H groups in total. The summed E-state index contributed by atoms with van der Waals surface area (Å²) in [6.07, 6.45) is 3.52. The van der Waals surface area contributed by atoms with Crippen molar-refractivity contribution in [2.24, 2.45) is 7.05 Å². The van der Waals surface area contributed by atoms with E-state index in [4.69, 9.17) is 0 Å². The van der Waals surface area contributed by atoms with Crippen LogP contribution in [0.25, 0.3) is 22.6 Å². The summed E-state index contributed by atoms with van der Waals surface area (Å²) in [6, 6.07) is 8.17. The average molecular weight is 365 g/mol. The van der Waals surface area contributed by atoms with E-state index in [0.717, 1.165) is 17.8 Å². The lowest BCUT2D eigenvalue weighted by molar-refractivity contribution is 0.592. The van der Waals surface area contributed by atoms with Crippen molar-refractivity contribution in [2.45, 2.75) is 40.2 Å². The van der Waals surface area contributed by atoms with Gasteiger partial charge in [0.05, 0.1) is 5.69 Å². The fourth-order valence-electron chi connectivity index (χ4n) is 3.76. The van der Waals surface area contributed by atoms with E-state index in [-0.39, 0.29) is 11.2 Å². The first kappa shape index (κ1) is 17.3. The van der Waals surface area contributed by atoms with Gasteiger partial charge >= 0.3 is 5.69 Å². The zero-order chi connectivity index (χ0) is 19.3. The van der Waals surface area contributed by atoms with Gasteiger partial charge in [-0.1, -0.05) is 32.0 Å². The molecule has 0 aliphatic carbocycles. The molecule has 0 bridgehead atoms. The molecule has 7 heteroatoms. The molecule has 4 rings (SSSR count). The molecular formula is C20H23N5O2. The molecule has 1 aromatic carbocycles. The fraction of sp³-hybridized carbons (Fsp3) is 0.350. The van der Waals surface area contributed by atoms with Gasteiger partial charge in [-0.3, -0.25) is 22.9 Å². The van der Waals surface area contributed by atoms with Crippen LogP contribution in [-0.4, -0.2) is 23.1 Å². The zero-order valence-electron chi connectivity index (χ0n) is 16.1. The lowest BCUT2D eigenvalue weighted by atomic mass is 10.1. The Morgan fingerprint density at radius 2 is 1.85 bits per heavy atom. The van der Waals surface area contributed by atoms with Crippen LogP contribution in [0.4, 0.5) is 0 Å². The maximum Gasteiger partial charge on any atom is 0.332 e. The van der Waals surface area contributed by atoms with Crippen molar-refractivity contribution in [3.05, 3.63) is 62.6 Å². The summed E-state index contributed by atoms with van der Waals surface area (Å²) < 4.78 is 6.62. The number of aryl methyl sites for hydroxylation is 3.